The van der Waals surface area contributed by atoms with E-state index in [-0.39, 0.29) is 0 Å². The number of anilines is 1. The Morgan fingerprint density at radius 3 is 2.74 bits per heavy atom. The van der Waals surface area contributed by atoms with Gasteiger partial charge in [-0.05, 0) is 24.5 Å². The van der Waals surface area contributed by atoms with Crippen LogP contribution in [0.3, 0.4) is 0 Å². The molecule has 158 valence electrons. The van der Waals surface area contributed by atoms with Crippen LogP contribution >= 0.6 is 0 Å². The van der Waals surface area contributed by atoms with Crippen LogP contribution in [0.4, 0.5) is 5.82 Å². The lowest BCUT2D eigenvalue weighted by molar-refractivity contribution is 0.261. The first-order valence-corrected chi connectivity index (χ1v) is 11.0. The lowest BCUT2D eigenvalue weighted by atomic mass is 10.1. The highest BCUT2D eigenvalue weighted by Crippen LogP contribution is 2.28. The van der Waals surface area contributed by atoms with E-state index >= 15 is 0 Å². The van der Waals surface area contributed by atoms with Gasteiger partial charge in [0.05, 0.1) is 5.56 Å². The normalized spacial score (nSPS) is 15.0. The van der Waals surface area contributed by atoms with Gasteiger partial charge in [-0.2, -0.15) is 5.26 Å². The van der Waals surface area contributed by atoms with E-state index in [9.17, 15) is 5.26 Å². The average molecular weight is 414 g/mol. The minimum absolute atomic E-state index is 0.629. The third kappa shape index (κ3) is 3.64. The number of rotatable bonds is 6. The monoisotopic (exact) mass is 413 g/mol. The molecule has 1 fully saturated rings. The van der Waals surface area contributed by atoms with Crippen LogP contribution in [0.25, 0.3) is 21.9 Å². The molecule has 5 rings (SSSR count). The van der Waals surface area contributed by atoms with E-state index in [4.69, 9.17) is 0 Å². The van der Waals surface area contributed by atoms with Crippen molar-refractivity contribution >= 4 is 27.8 Å². The first-order valence-electron chi connectivity index (χ1n) is 11.0. The second-order valence-electron chi connectivity index (χ2n) is 8.18. The number of benzene rings is 1. The van der Waals surface area contributed by atoms with Gasteiger partial charge in [0.2, 0.25) is 0 Å². The molecule has 0 atom stereocenters. The van der Waals surface area contributed by atoms with Crippen LogP contribution in [-0.4, -0.2) is 57.1 Å². The molecule has 7 heteroatoms. The molecule has 31 heavy (non-hydrogen) atoms. The van der Waals surface area contributed by atoms with Gasteiger partial charge >= 0.3 is 0 Å². The van der Waals surface area contributed by atoms with Crippen LogP contribution in [0.15, 0.2) is 43.0 Å². The Kier molecular flexibility index (Phi) is 5.31. The van der Waals surface area contributed by atoms with E-state index in [2.05, 4.69) is 72.8 Å². The fourth-order valence-corrected chi connectivity index (χ4v) is 4.64. The Morgan fingerprint density at radius 2 is 1.94 bits per heavy atom. The number of aromatic amines is 1. The maximum atomic E-state index is 9.51. The summed E-state index contributed by atoms with van der Waals surface area (Å²) in [6, 6.07) is 10.8. The fourth-order valence-electron chi connectivity index (χ4n) is 4.64. The number of aromatic nitrogens is 4. The number of aryl methyl sites for hydroxylation is 1. The molecule has 7 nitrogen and oxygen atoms in total. The zero-order valence-electron chi connectivity index (χ0n) is 17.9. The highest BCUT2D eigenvalue weighted by Gasteiger charge is 2.23. The van der Waals surface area contributed by atoms with Gasteiger partial charge in [0, 0.05) is 62.6 Å². The summed E-state index contributed by atoms with van der Waals surface area (Å²) in [6.07, 6.45) is 7.71. The summed E-state index contributed by atoms with van der Waals surface area (Å²) in [5.41, 5.74) is 4.99. The van der Waals surface area contributed by atoms with Crippen molar-refractivity contribution in [3.8, 4) is 6.07 Å². The fraction of sp³-hybridized carbons (Fsp3) is 0.375. The zero-order valence-corrected chi connectivity index (χ0v) is 17.9. The van der Waals surface area contributed by atoms with E-state index in [1.807, 2.05) is 6.20 Å². The Hall–Kier alpha value is -3.37. The largest absolute Gasteiger partial charge is 0.361 e. The lowest BCUT2D eigenvalue weighted by Gasteiger charge is -2.35. The summed E-state index contributed by atoms with van der Waals surface area (Å²) < 4.78 is 2.15. The Labute approximate surface area is 181 Å². The van der Waals surface area contributed by atoms with Gasteiger partial charge in [-0.25, -0.2) is 9.97 Å². The number of nitrogens with one attached hydrogen (secondary N) is 1. The number of H-pyrrole nitrogens is 1. The van der Waals surface area contributed by atoms with E-state index < -0.39 is 0 Å². The van der Waals surface area contributed by atoms with Gasteiger partial charge in [0.1, 0.15) is 23.4 Å². The van der Waals surface area contributed by atoms with Gasteiger partial charge in [-0.15, -0.1) is 0 Å². The van der Waals surface area contributed by atoms with Crippen LogP contribution in [0.1, 0.15) is 24.5 Å². The molecule has 3 aromatic heterocycles. The van der Waals surface area contributed by atoms with Crippen molar-refractivity contribution < 1.29 is 0 Å². The van der Waals surface area contributed by atoms with Crippen molar-refractivity contribution in [2.24, 2.45) is 0 Å². The van der Waals surface area contributed by atoms with Gasteiger partial charge < -0.3 is 14.5 Å². The summed E-state index contributed by atoms with van der Waals surface area (Å²) in [6.45, 7) is 7.94. The molecule has 0 amide bonds. The number of hydrogen-bond acceptors (Lipinski definition) is 5. The molecule has 0 spiro atoms. The molecule has 0 bridgehead atoms. The molecule has 1 aliphatic rings. The highest BCUT2D eigenvalue weighted by molar-refractivity contribution is 5.91. The first-order chi connectivity index (χ1) is 15.3. The molecule has 4 heterocycles. The van der Waals surface area contributed by atoms with Gasteiger partial charge in [0.15, 0.2) is 5.82 Å². The molecule has 0 unspecified atom stereocenters. The van der Waals surface area contributed by atoms with Crippen molar-refractivity contribution in [3.63, 3.8) is 0 Å². The van der Waals surface area contributed by atoms with Crippen LogP contribution < -0.4 is 4.90 Å². The average Bonchev–Trinajstić information content (AvgIpc) is 3.40. The summed E-state index contributed by atoms with van der Waals surface area (Å²) in [7, 11) is 0. The lowest BCUT2D eigenvalue weighted by Crippen LogP contribution is -2.47. The number of piperazine rings is 1. The molecule has 0 radical (unpaired) electrons. The predicted molar refractivity (Wildman–Crippen MR) is 123 cm³/mol. The van der Waals surface area contributed by atoms with Crippen LogP contribution in [0.5, 0.6) is 0 Å². The SMILES string of the molecule is CCCn1cc(C#N)c2ncnc(N3CCN(CCc4c[nH]c5ccccc45)CC3)c21. The standard InChI is InChI=1S/C24H27N7/c1-2-8-31-16-19(14-25)22-23(31)24(28-17-27-22)30-12-10-29(11-13-30)9-7-18-15-26-21-6-4-3-5-20(18)21/h3-6,15-17,26H,2,7-13H2,1H3. The number of hydrogen-bond donors (Lipinski definition) is 1. The third-order valence-corrected chi connectivity index (χ3v) is 6.26. The molecular weight excluding hydrogens is 386 g/mol. The smallest absolute Gasteiger partial charge is 0.156 e. The van der Waals surface area contributed by atoms with Gasteiger partial charge in [-0.3, -0.25) is 4.90 Å². The van der Waals surface area contributed by atoms with Crippen molar-refractivity contribution in [1.82, 2.24) is 24.4 Å². The Bertz CT molecular complexity index is 1240. The summed E-state index contributed by atoms with van der Waals surface area (Å²) >= 11 is 0. The van der Waals surface area contributed by atoms with E-state index in [0.29, 0.717) is 5.56 Å². The second kappa shape index (κ2) is 8.40. The summed E-state index contributed by atoms with van der Waals surface area (Å²) in [4.78, 5) is 17.3. The Morgan fingerprint density at radius 1 is 1.10 bits per heavy atom. The van der Waals surface area contributed by atoms with E-state index in [1.165, 1.54) is 16.5 Å². The van der Waals surface area contributed by atoms with Crippen molar-refractivity contribution in [2.45, 2.75) is 26.3 Å². The Balaban J connectivity index is 1.29. The summed E-state index contributed by atoms with van der Waals surface area (Å²) in [5.74, 6) is 0.955. The highest BCUT2D eigenvalue weighted by atomic mass is 15.3. The quantitative estimate of drug-likeness (QED) is 0.523. The van der Waals surface area contributed by atoms with Crippen molar-refractivity contribution in [2.75, 3.05) is 37.6 Å². The van der Waals surface area contributed by atoms with E-state index in [0.717, 1.165) is 69.0 Å². The second-order valence-corrected chi connectivity index (χ2v) is 8.18. The van der Waals surface area contributed by atoms with Gasteiger partial charge in [-0.1, -0.05) is 25.1 Å². The molecule has 1 N–H and O–H groups in total. The number of fused-ring (bicyclic) bond motifs is 2. The van der Waals surface area contributed by atoms with Crippen LogP contribution in [0.2, 0.25) is 0 Å². The molecule has 0 saturated carbocycles. The molecule has 4 aromatic rings. The molecule has 1 saturated heterocycles. The minimum Gasteiger partial charge on any atom is -0.361 e. The van der Waals surface area contributed by atoms with Crippen molar-refractivity contribution in [3.05, 3.63) is 54.1 Å². The van der Waals surface area contributed by atoms with E-state index in [1.54, 1.807) is 6.33 Å². The number of para-hydroxylation sites is 1. The first kappa shape index (κ1) is 19.6. The van der Waals surface area contributed by atoms with Crippen LogP contribution in [-0.2, 0) is 13.0 Å². The zero-order chi connectivity index (χ0) is 21.2. The minimum atomic E-state index is 0.629. The topological polar surface area (TPSA) is 76.8 Å². The number of nitriles is 1. The molecular formula is C24H27N7. The molecule has 0 aliphatic carbocycles. The molecule has 1 aliphatic heterocycles. The molecule has 1 aromatic carbocycles. The maximum Gasteiger partial charge on any atom is 0.156 e. The maximum absolute atomic E-state index is 9.51. The van der Waals surface area contributed by atoms with Gasteiger partial charge in [0.25, 0.3) is 0 Å². The number of nitrogens with zero attached hydrogens (tertiary/aromatic N) is 6. The van der Waals surface area contributed by atoms with Crippen LogP contribution in [0, 0.1) is 11.3 Å². The van der Waals surface area contributed by atoms with Crippen molar-refractivity contribution in [1.29, 1.82) is 5.26 Å². The third-order valence-electron chi connectivity index (χ3n) is 6.26. The summed E-state index contributed by atoms with van der Waals surface area (Å²) in [5, 5.41) is 10.8. The predicted octanol–water partition coefficient (Wildman–Crippen LogP) is 3.56.